The van der Waals surface area contributed by atoms with Gasteiger partial charge < -0.3 is 111 Å². The molecule has 4 saturated heterocycles. The van der Waals surface area contributed by atoms with Gasteiger partial charge >= 0.3 is 5.97 Å². The number of aliphatic hydroxyl groups excluding tert-OH is 11. The lowest BCUT2D eigenvalue weighted by Gasteiger charge is -2.51. The van der Waals surface area contributed by atoms with Crippen LogP contribution in [0.15, 0.2) is 0 Å². The summed E-state index contributed by atoms with van der Waals surface area (Å²) in [6.45, 7) is 0.842. The molecule has 21 atom stereocenters. The van der Waals surface area contributed by atoms with Crippen molar-refractivity contribution in [2.75, 3.05) is 19.8 Å². The first-order valence-corrected chi connectivity index (χ1v) is 17.7. The summed E-state index contributed by atoms with van der Waals surface area (Å²) in [6.07, 6.45) is -34.5. The standard InChI is InChI=1S/C31H53N3O22/c1-8-17(41)20(44)21(45)28(50-8)54-25-16(34-10(3)38)27(47)51-14(7-36)23(25)53-29-22(46)26(19(43)13(6-35)52-29)56-31(30(48)49)4-11(39)15(33-9(2)37)24(55-31)18(42)12(40)5-32/h8,11-29,35-36,39-47H,4-7,32H2,1-3H3,(H,33,37)(H,34,38)(H,48,49)/t8-,11-,12+,13+,14+,15+,16+,17+,18+,19-,20+,21-,22+,23+,24+,25+,26-,27?,28-,29-,31-/m0/s1. The van der Waals surface area contributed by atoms with Crippen molar-refractivity contribution in [1.29, 1.82) is 0 Å². The van der Waals surface area contributed by atoms with Crippen LogP contribution in [-0.4, -0.2) is 227 Å². The van der Waals surface area contributed by atoms with E-state index in [1.54, 1.807) is 0 Å². The van der Waals surface area contributed by atoms with Gasteiger partial charge in [0.05, 0.1) is 37.6 Å². The van der Waals surface area contributed by atoms with Crippen molar-refractivity contribution in [3.05, 3.63) is 0 Å². The number of hydrogen-bond donors (Lipinski definition) is 15. The maximum atomic E-state index is 12.9. The van der Waals surface area contributed by atoms with Gasteiger partial charge in [-0.25, -0.2) is 4.79 Å². The Labute approximate surface area is 318 Å². The first kappa shape index (κ1) is 46.3. The fourth-order valence-corrected chi connectivity index (χ4v) is 7.02. The van der Waals surface area contributed by atoms with E-state index >= 15 is 0 Å². The third-order valence-corrected chi connectivity index (χ3v) is 10.00. The summed E-state index contributed by atoms with van der Waals surface area (Å²) in [5, 5.41) is 133. The second-order valence-corrected chi connectivity index (χ2v) is 14.1. The van der Waals surface area contributed by atoms with Crippen LogP contribution in [0.1, 0.15) is 27.2 Å². The van der Waals surface area contributed by atoms with Crippen LogP contribution < -0.4 is 16.4 Å². The number of carbonyl (C=O) groups excluding carboxylic acids is 2. The lowest BCUT2D eigenvalue weighted by molar-refractivity contribution is -0.389. The Bertz CT molecular complexity index is 1340. The highest BCUT2D eigenvalue weighted by molar-refractivity contribution is 5.76. The van der Waals surface area contributed by atoms with Crippen LogP contribution in [0.4, 0.5) is 0 Å². The zero-order chi connectivity index (χ0) is 42.0. The third-order valence-electron chi connectivity index (χ3n) is 10.00. The molecule has 4 aliphatic heterocycles. The molecule has 2 amide bonds. The lowest BCUT2D eigenvalue weighted by Crippen LogP contribution is -2.71. The van der Waals surface area contributed by atoms with Crippen molar-refractivity contribution in [1.82, 2.24) is 10.6 Å². The summed E-state index contributed by atoms with van der Waals surface area (Å²) in [6, 6.07) is -3.16. The van der Waals surface area contributed by atoms with Crippen molar-refractivity contribution in [2.24, 2.45) is 5.73 Å². The van der Waals surface area contributed by atoms with Crippen LogP contribution in [0.2, 0.25) is 0 Å². The number of carboxylic acid groups (broad SMARTS) is 1. The van der Waals surface area contributed by atoms with Crippen LogP contribution in [0.3, 0.4) is 0 Å². The van der Waals surface area contributed by atoms with Gasteiger partial charge in [0.15, 0.2) is 18.9 Å². The maximum Gasteiger partial charge on any atom is 0.364 e. The summed E-state index contributed by atoms with van der Waals surface area (Å²) in [5.41, 5.74) is 5.45. The van der Waals surface area contributed by atoms with E-state index in [0.717, 1.165) is 13.8 Å². The van der Waals surface area contributed by atoms with Gasteiger partial charge in [-0.1, -0.05) is 0 Å². The Hall–Kier alpha value is -2.35. The average Bonchev–Trinajstić information content (AvgIpc) is 3.14. The normalized spacial score (nSPS) is 45.7. The number of amides is 2. The zero-order valence-corrected chi connectivity index (χ0v) is 30.4. The van der Waals surface area contributed by atoms with E-state index in [9.17, 15) is 75.7 Å². The first-order valence-electron chi connectivity index (χ1n) is 17.7. The van der Waals surface area contributed by atoms with Gasteiger partial charge in [0, 0.05) is 26.8 Å². The fraction of sp³-hybridized carbons (Fsp3) is 0.903. The molecule has 4 heterocycles. The largest absolute Gasteiger partial charge is 0.477 e. The first-order chi connectivity index (χ1) is 26.2. The molecule has 0 spiro atoms. The van der Waals surface area contributed by atoms with Crippen LogP contribution in [0, 0.1) is 0 Å². The monoisotopic (exact) mass is 819 g/mol. The molecule has 25 nitrogen and oxygen atoms in total. The van der Waals surface area contributed by atoms with Gasteiger partial charge in [-0.05, 0) is 6.92 Å². The second kappa shape index (κ2) is 19.1. The number of carbonyl (C=O) groups is 3. The van der Waals surface area contributed by atoms with Crippen LogP contribution in [0.25, 0.3) is 0 Å². The Balaban J connectivity index is 1.71. The van der Waals surface area contributed by atoms with E-state index in [1.807, 2.05) is 0 Å². The van der Waals surface area contributed by atoms with Crippen molar-refractivity contribution < 1.29 is 109 Å². The van der Waals surface area contributed by atoms with Gasteiger partial charge in [0.25, 0.3) is 5.79 Å². The molecule has 4 aliphatic rings. The second-order valence-electron chi connectivity index (χ2n) is 14.1. The Morgan fingerprint density at radius 3 is 1.89 bits per heavy atom. The maximum absolute atomic E-state index is 12.9. The van der Waals surface area contributed by atoms with Gasteiger partial charge in [-0.15, -0.1) is 0 Å². The molecule has 0 aromatic heterocycles. The van der Waals surface area contributed by atoms with Crippen LogP contribution in [-0.2, 0) is 47.5 Å². The minimum absolute atomic E-state index is 0.586. The summed E-state index contributed by atoms with van der Waals surface area (Å²) < 4.78 is 39.8. The highest BCUT2D eigenvalue weighted by atomic mass is 16.8. The van der Waals surface area contributed by atoms with Crippen LogP contribution in [0.5, 0.6) is 0 Å². The molecule has 16 N–H and O–H groups in total. The smallest absolute Gasteiger partial charge is 0.364 e. The topological polar surface area (TPSA) is 409 Å². The number of rotatable bonds is 14. The molecule has 25 heteroatoms. The SMILES string of the molecule is CC(=O)N[C@H]1[C@H]([C@H](O)[C@H](O)CN)O[C@@](O[C@H]2[C@@H](O)[C@@H](CO)O[C@@H](O[C@H]3[C@H](O[C@@H]4O[C@@H](C)[C@@H](O)[C@@H](O)[C@@H]4O)[C@@H](NC(C)=O)C(O)O[C@@H]3CO)[C@@H]2O)(C(=O)O)C[C@@H]1O. The molecule has 4 fully saturated rings. The molecule has 56 heavy (non-hydrogen) atoms. The van der Waals surface area contributed by atoms with Gasteiger partial charge in [-0.3, -0.25) is 9.59 Å². The van der Waals surface area contributed by atoms with Crippen molar-refractivity contribution in [3.8, 4) is 0 Å². The fourth-order valence-electron chi connectivity index (χ4n) is 7.02. The summed E-state index contributed by atoms with van der Waals surface area (Å²) in [5.74, 6) is -6.58. The predicted molar refractivity (Wildman–Crippen MR) is 175 cm³/mol. The molecular formula is C31H53N3O22. The van der Waals surface area contributed by atoms with E-state index in [4.69, 9.17) is 38.9 Å². The summed E-state index contributed by atoms with van der Waals surface area (Å²) in [4.78, 5) is 37.0. The number of aliphatic carboxylic acids is 1. The molecule has 0 radical (unpaired) electrons. The minimum atomic E-state index is -3.08. The highest BCUT2D eigenvalue weighted by Crippen LogP contribution is 2.39. The molecule has 324 valence electrons. The molecular weight excluding hydrogens is 766 g/mol. The molecule has 1 unspecified atom stereocenters. The zero-order valence-electron chi connectivity index (χ0n) is 30.4. The van der Waals surface area contributed by atoms with Crippen molar-refractivity contribution in [2.45, 2.75) is 155 Å². The van der Waals surface area contributed by atoms with Crippen LogP contribution >= 0.6 is 0 Å². The van der Waals surface area contributed by atoms with E-state index in [2.05, 4.69) is 10.6 Å². The number of hydrogen-bond acceptors (Lipinski definition) is 22. The Morgan fingerprint density at radius 1 is 0.768 bits per heavy atom. The minimum Gasteiger partial charge on any atom is -0.477 e. The average molecular weight is 820 g/mol. The quantitative estimate of drug-likeness (QED) is 0.0773. The molecule has 0 bridgehead atoms. The third kappa shape index (κ3) is 9.74. The molecule has 0 aromatic carbocycles. The molecule has 0 aromatic rings. The molecule has 0 saturated carbocycles. The Morgan fingerprint density at radius 2 is 1.34 bits per heavy atom. The Kier molecular flexibility index (Phi) is 15.8. The van der Waals surface area contributed by atoms with E-state index in [1.165, 1.54) is 6.92 Å². The number of ether oxygens (including phenoxy) is 7. The molecule has 0 aliphatic carbocycles. The number of aliphatic hydroxyl groups is 11. The highest BCUT2D eigenvalue weighted by Gasteiger charge is 2.60. The molecule has 4 rings (SSSR count). The number of nitrogens with one attached hydrogen (secondary N) is 2. The summed E-state index contributed by atoms with van der Waals surface area (Å²) >= 11 is 0. The van der Waals surface area contributed by atoms with Crippen molar-refractivity contribution >= 4 is 17.8 Å². The van der Waals surface area contributed by atoms with Crippen molar-refractivity contribution in [3.63, 3.8) is 0 Å². The predicted octanol–water partition coefficient (Wildman–Crippen LogP) is -9.26. The number of carboxylic acids is 1. The van der Waals surface area contributed by atoms with Gasteiger partial charge in [0.2, 0.25) is 11.8 Å². The number of nitrogens with two attached hydrogens (primary N) is 1. The van der Waals surface area contributed by atoms with E-state index in [-0.39, 0.29) is 0 Å². The van der Waals surface area contributed by atoms with E-state index < -0.39 is 172 Å². The lowest BCUT2D eigenvalue weighted by atomic mass is 9.88. The van der Waals surface area contributed by atoms with Gasteiger partial charge in [-0.2, -0.15) is 0 Å². The van der Waals surface area contributed by atoms with Gasteiger partial charge in [0.1, 0.15) is 79.3 Å². The van der Waals surface area contributed by atoms with E-state index in [0.29, 0.717) is 0 Å². The summed E-state index contributed by atoms with van der Waals surface area (Å²) in [7, 11) is 0.